The van der Waals surface area contributed by atoms with Crippen molar-refractivity contribution >= 4 is 33.3 Å². The first-order valence-electron chi connectivity index (χ1n) is 4.31. The van der Waals surface area contributed by atoms with E-state index in [4.69, 9.17) is 0 Å². The zero-order valence-electron chi connectivity index (χ0n) is 7.56. The Hall–Kier alpha value is -1.16. The molecule has 4 heteroatoms. The summed E-state index contributed by atoms with van der Waals surface area (Å²) in [5.74, 6) is -0.961. The normalized spacial score (nSPS) is 14.1. The zero-order chi connectivity index (χ0) is 10.3. The standard InChI is InChI=1S/C10H8BrNO2/c1-2-5-3-6(11)4-7-8(5)9(13)10(14)12-7/h3-4H,2H2,1H3,(H,12,13,14). The Balaban J connectivity index is 2.68. The Kier molecular flexibility index (Phi) is 2.15. The first-order chi connectivity index (χ1) is 6.63. The fourth-order valence-corrected chi connectivity index (χ4v) is 2.11. The van der Waals surface area contributed by atoms with E-state index in [1.807, 2.05) is 13.0 Å². The lowest BCUT2D eigenvalue weighted by Crippen LogP contribution is -2.13. The minimum atomic E-state index is -0.534. The van der Waals surface area contributed by atoms with E-state index in [9.17, 15) is 9.59 Å². The van der Waals surface area contributed by atoms with Crippen molar-refractivity contribution in [3.8, 4) is 0 Å². The van der Waals surface area contributed by atoms with E-state index >= 15 is 0 Å². The molecule has 0 saturated heterocycles. The lowest BCUT2D eigenvalue weighted by Gasteiger charge is -2.04. The van der Waals surface area contributed by atoms with E-state index < -0.39 is 11.7 Å². The molecular weight excluding hydrogens is 246 g/mol. The minimum Gasteiger partial charge on any atom is -0.318 e. The summed E-state index contributed by atoms with van der Waals surface area (Å²) < 4.78 is 0.878. The van der Waals surface area contributed by atoms with Crippen molar-refractivity contribution in [3.05, 3.63) is 27.7 Å². The second kappa shape index (κ2) is 3.20. The van der Waals surface area contributed by atoms with Crippen molar-refractivity contribution in [1.82, 2.24) is 0 Å². The van der Waals surface area contributed by atoms with Crippen LogP contribution >= 0.6 is 15.9 Å². The van der Waals surface area contributed by atoms with E-state index in [0.717, 1.165) is 16.5 Å². The van der Waals surface area contributed by atoms with E-state index in [-0.39, 0.29) is 0 Å². The highest BCUT2D eigenvalue weighted by Gasteiger charge is 2.30. The van der Waals surface area contributed by atoms with Crippen molar-refractivity contribution in [2.75, 3.05) is 5.32 Å². The molecule has 1 aliphatic rings. The van der Waals surface area contributed by atoms with Crippen molar-refractivity contribution in [2.45, 2.75) is 13.3 Å². The predicted octanol–water partition coefficient (Wildman–Crippen LogP) is 2.15. The van der Waals surface area contributed by atoms with E-state index in [2.05, 4.69) is 21.2 Å². The number of rotatable bonds is 1. The number of carbonyl (C=O) groups excluding carboxylic acids is 2. The molecule has 14 heavy (non-hydrogen) atoms. The van der Waals surface area contributed by atoms with Gasteiger partial charge in [0.2, 0.25) is 0 Å². The SMILES string of the molecule is CCc1cc(Br)cc2c1C(=O)C(=O)N2. The van der Waals surface area contributed by atoms with Gasteiger partial charge in [-0.3, -0.25) is 9.59 Å². The molecule has 0 aromatic heterocycles. The Labute approximate surface area is 89.6 Å². The topological polar surface area (TPSA) is 46.2 Å². The highest BCUT2D eigenvalue weighted by Crippen LogP contribution is 2.30. The number of nitrogens with one attached hydrogen (secondary N) is 1. The van der Waals surface area contributed by atoms with Gasteiger partial charge in [0.25, 0.3) is 11.7 Å². The van der Waals surface area contributed by atoms with Crippen LogP contribution in [0.3, 0.4) is 0 Å². The third-order valence-corrected chi connectivity index (χ3v) is 2.71. The summed E-state index contributed by atoms with van der Waals surface area (Å²) in [6.45, 7) is 1.96. The van der Waals surface area contributed by atoms with Crippen molar-refractivity contribution in [1.29, 1.82) is 0 Å². The summed E-state index contributed by atoms with van der Waals surface area (Å²) in [6, 6.07) is 3.62. The molecule has 0 radical (unpaired) electrons. The van der Waals surface area contributed by atoms with Crippen LogP contribution in [0.5, 0.6) is 0 Å². The molecule has 0 aliphatic carbocycles. The Morgan fingerprint density at radius 1 is 1.36 bits per heavy atom. The number of anilines is 1. The number of benzene rings is 1. The molecule has 0 atom stereocenters. The summed E-state index contributed by atoms with van der Waals surface area (Å²) in [7, 11) is 0. The van der Waals surface area contributed by atoms with Crippen LogP contribution in [0.1, 0.15) is 22.8 Å². The predicted molar refractivity (Wildman–Crippen MR) is 56.5 cm³/mol. The first-order valence-corrected chi connectivity index (χ1v) is 5.11. The Morgan fingerprint density at radius 3 is 2.71 bits per heavy atom. The van der Waals surface area contributed by atoms with Crippen molar-refractivity contribution < 1.29 is 9.59 Å². The number of hydrogen-bond acceptors (Lipinski definition) is 2. The maximum Gasteiger partial charge on any atom is 0.296 e. The molecule has 1 heterocycles. The second-order valence-electron chi connectivity index (χ2n) is 3.12. The Morgan fingerprint density at radius 2 is 2.07 bits per heavy atom. The molecule has 1 amide bonds. The van der Waals surface area contributed by atoms with Gasteiger partial charge >= 0.3 is 0 Å². The number of halogens is 1. The number of fused-ring (bicyclic) bond motifs is 1. The van der Waals surface area contributed by atoms with Gasteiger partial charge in [-0.2, -0.15) is 0 Å². The molecule has 1 aromatic rings. The molecule has 2 rings (SSSR count). The molecule has 0 unspecified atom stereocenters. The fraction of sp³-hybridized carbons (Fsp3) is 0.200. The van der Waals surface area contributed by atoms with Gasteiger partial charge < -0.3 is 5.32 Å². The molecular formula is C10H8BrNO2. The first kappa shape index (κ1) is 9.40. The number of Topliss-reactive ketones (excluding diaryl/α,β-unsaturated/α-hetero) is 1. The van der Waals surface area contributed by atoms with Crippen LogP contribution in [0.4, 0.5) is 5.69 Å². The number of ketones is 1. The lowest BCUT2D eigenvalue weighted by atomic mass is 10.0. The third-order valence-electron chi connectivity index (χ3n) is 2.25. The molecule has 0 fully saturated rings. The van der Waals surface area contributed by atoms with E-state index in [0.29, 0.717) is 11.3 Å². The van der Waals surface area contributed by atoms with Crippen LogP contribution in [0, 0.1) is 0 Å². The summed E-state index contributed by atoms with van der Waals surface area (Å²) in [6.07, 6.45) is 0.739. The van der Waals surface area contributed by atoms with Crippen molar-refractivity contribution in [2.24, 2.45) is 0 Å². The van der Waals surface area contributed by atoms with E-state index in [1.54, 1.807) is 6.07 Å². The summed E-state index contributed by atoms with van der Waals surface area (Å²) in [4.78, 5) is 22.6. The Bertz CT molecular complexity index is 440. The molecule has 1 aromatic carbocycles. The van der Waals surface area contributed by atoms with Gasteiger partial charge in [0.1, 0.15) is 0 Å². The van der Waals surface area contributed by atoms with E-state index in [1.165, 1.54) is 0 Å². The van der Waals surface area contributed by atoms with Gasteiger partial charge in [0, 0.05) is 4.47 Å². The van der Waals surface area contributed by atoms with Crippen LogP contribution in [0.15, 0.2) is 16.6 Å². The third kappa shape index (κ3) is 1.26. The molecule has 0 spiro atoms. The van der Waals surface area contributed by atoms with Crippen LogP contribution in [-0.2, 0) is 11.2 Å². The average molecular weight is 254 g/mol. The maximum absolute atomic E-state index is 11.5. The molecule has 0 saturated carbocycles. The monoisotopic (exact) mass is 253 g/mol. The van der Waals surface area contributed by atoms with Crippen LogP contribution in [0.25, 0.3) is 0 Å². The quantitative estimate of drug-likeness (QED) is 0.780. The van der Waals surface area contributed by atoms with Crippen LogP contribution < -0.4 is 5.32 Å². The summed E-state index contributed by atoms with van der Waals surface area (Å²) in [5, 5.41) is 2.54. The van der Waals surface area contributed by atoms with Gasteiger partial charge in [0.15, 0.2) is 0 Å². The zero-order valence-corrected chi connectivity index (χ0v) is 9.14. The minimum absolute atomic E-state index is 0.427. The number of amides is 1. The highest BCUT2D eigenvalue weighted by molar-refractivity contribution is 9.10. The molecule has 1 N–H and O–H groups in total. The van der Waals surface area contributed by atoms with Crippen LogP contribution in [-0.4, -0.2) is 11.7 Å². The molecule has 0 bridgehead atoms. The fourth-order valence-electron chi connectivity index (χ4n) is 1.60. The largest absolute Gasteiger partial charge is 0.318 e. The van der Waals surface area contributed by atoms with Gasteiger partial charge in [0.05, 0.1) is 11.3 Å². The van der Waals surface area contributed by atoms with Crippen LogP contribution in [0.2, 0.25) is 0 Å². The van der Waals surface area contributed by atoms with Gasteiger partial charge in [-0.15, -0.1) is 0 Å². The number of hydrogen-bond donors (Lipinski definition) is 1. The second-order valence-corrected chi connectivity index (χ2v) is 4.04. The molecule has 1 aliphatic heterocycles. The van der Waals surface area contributed by atoms with Gasteiger partial charge in [-0.1, -0.05) is 22.9 Å². The number of aryl methyl sites for hydroxylation is 1. The highest BCUT2D eigenvalue weighted by atomic mass is 79.9. The smallest absolute Gasteiger partial charge is 0.296 e. The molecule has 3 nitrogen and oxygen atoms in total. The summed E-state index contributed by atoms with van der Waals surface area (Å²) in [5.41, 5.74) is 2.05. The average Bonchev–Trinajstić information content (AvgIpc) is 2.41. The van der Waals surface area contributed by atoms with Gasteiger partial charge in [-0.05, 0) is 24.1 Å². The maximum atomic E-state index is 11.5. The molecule has 72 valence electrons. The lowest BCUT2D eigenvalue weighted by molar-refractivity contribution is -0.112. The van der Waals surface area contributed by atoms with Gasteiger partial charge in [-0.25, -0.2) is 0 Å². The summed E-state index contributed by atoms with van der Waals surface area (Å²) >= 11 is 3.33. The number of carbonyl (C=O) groups is 2. The van der Waals surface area contributed by atoms with Crippen molar-refractivity contribution in [3.63, 3.8) is 0 Å².